The molecular formula is C13H20N2O2. The van der Waals surface area contributed by atoms with Crippen LogP contribution in [0.5, 0.6) is 0 Å². The first-order valence-electron chi connectivity index (χ1n) is 5.69. The number of rotatable bonds is 4. The second-order valence-electron chi connectivity index (χ2n) is 4.93. The lowest BCUT2D eigenvalue weighted by molar-refractivity contribution is 0.0932. The number of methoxy groups -OCH3 is 1. The van der Waals surface area contributed by atoms with Crippen molar-refractivity contribution in [2.45, 2.75) is 26.2 Å². The molecule has 1 N–H and O–H groups in total. The van der Waals surface area contributed by atoms with E-state index in [2.05, 4.69) is 31.1 Å². The molecule has 1 aromatic rings. The van der Waals surface area contributed by atoms with Gasteiger partial charge in [-0.05, 0) is 17.0 Å². The second kappa shape index (κ2) is 5.77. The summed E-state index contributed by atoms with van der Waals surface area (Å²) >= 11 is 0. The molecule has 0 radical (unpaired) electrons. The van der Waals surface area contributed by atoms with Crippen LogP contribution in [0.15, 0.2) is 18.3 Å². The first-order valence-corrected chi connectivity index (χ1v) is 5.69. The maximum Gasteiger partial charge on any atom is 0.269 e. The van der Waals surface area contributed by atoms with E-state index in [9.17, 15) is 4.79 Å². The van der Waals surface area contributed by atoms with Gasteiger partial charge in [-0.3, -0.25) is 9.78 Å². The SMILES string of the molecule is COCCNC(=O)c1ccc(C(C)(C)C)cn1. The fourth-order valence-corrected chi connectivity index (χ4v) is 1.33. The van der Waals surface area contributed by atoms with Crippen LogP contribution in [0.2, 0.25) is 0 Å². The Morgan fingerprint density at radius 2 is 2.12 bits per heavy atom. The third-order valence-electron chi connectivity index (χ3n) is 2.45. The van der Waals surface area contributed by atoms with Gasteiger partial charge in [-0.2, -0.15) is 0 Å². The third kappa shape index (κ3) is 4.15. The average Bonchev–Trinajstić information content (AvgIpc) is 2.28. The minimum atomic E-state index is -0.164. The van der Waals surface area contributed by atoms with Gasteiger partial charge in [0.15, 0.2) is 0 Å². The van der Waals surface area contributed by atoms with Crippen LogP contribution >= 0.6 is 0 Å². The number of hydrogen-bond donors (Lipinski definition) is 1. The Morgan fingerprint density at radius 1 is 1.41 bits per heavy atom. The lowest BCUT2D eigenvalue weighted by Crippen LogP contribution is -2.27. The maximum atomic E-state index is 11.7. The summed E-state index contributed by atoms with van der Waals surface area (Å²) < 4.78 is 4.86. The van der Waals surface area contributed by atoms with E-state index in [-0.39, 0.29) is 11.3 Å². The fourth-order valence-electron chi connectivity index (χ4n) is 1.33. The molecule has 1 rings (SSSR count). The lowest BCUT2D eigenvalue weighted by Gasteiger charge is -2.18. The van der Waals surface area contributed by atoms with Crippen molar-refractivity contribution in [2.24, 2.45) is 0 Å². The topological polar surface area (TPSA) is 51.2 Å². The van der Waals surface area contributed by atoms with Gasteiger partial charge < -0.3 is 10.1 Å². The molecule has 4 heteroatoms. The van der Waals surface area contributed by atoms with Gasteiger partial charge in [-0.15, -0.1) is 0 Å². The van der Waals surface area contributed by atoms with Crippen molar-refractivity contribution in [1.29, 1.82) is 0 Å². The standard InChI is InChI=1S/C13H20N2O2/c1-13(2,3)10-5-6-11(15-9-10)12(16)14-7-8-17-4/h5-6,9H,7-8H2,1-4H3,(H,14,16). The van der Waals surface area contributed by atoms with E-state index in [1.165, 1.54) is 0 Å². The minimum Gasteiger partial charge on any atom is -0.383 e. The zero-order chi connectivity index (χ0) is 12.9. The lowest BCUT2D eigenvalue weighted by atomic mass is 9.88. The van der Waals surface area contributed by atoms with E-state index < -0.39 is 0 Å². The summed E-state index contributed by atoms with van der Waals surface area (Å²) in [5.41, 5.74) is 1.61. The molecule has 0 fully saturated rings. The summed E-state index contributed by atoms with van der Waals surface area (Å²) in [7, 11) is 1.60. The molecule has 17 heavy (non-hydrogen) atoms. The Hall–Kier alpha value is -1.42. The summed E-state index contributed by atoms with van der Waals surface area (Å²) in [6.45, 7) is 7.34. The molecule has 0 saturated heterocycles. The average molecular weight is 236 g/mol. The molecule has 0 aliphatic heterocycles. The van der Waals surface area contributed by atoms with Gasteiger partial charge in [0.2, 0.25) is 0 Å². The first kappa shape index (κ1) is 13.6. The predicted molar refractivity (Wildman–Crippen MR) is 67.1 cm³/mol. The van der Waals surface area contributed by atoms with Gasteiger partial charge in [0.05, 0.1) is 6.61 Å². The largest absolute Gasteiger partial charge is 0.383 e. The summed E-state index contributed by atoms with van der Waals surface area (Å²) in [5, 5.41) is 2.73. The minimum absolute atomic E-state index is 0.0536. The van der Waals surface area contributed by atoms with E-state index in [4.69, 9.17) is 4.74 Å². The molecule has 0 spiro atoms. The van der Waals surface area contributed by atoms with Crippen LogP contribution in [0.1, 0.15) is 36.8 Å². The van der Waals surface area contributed by atoms with E-state index >= 15 is 0 Å². The number of ether oxygens (including phenoxy) is 1. The predicted octanol–water partition coefficient (Wildman–Crippen LogP) is 1.76. The molecule has 0 aliphatic rings. The highest BCUT2D eigenvalue weighted by Crippen LogP contribution is 2.20. The van der Waals surface area contributed by atoms with Gasteiger partial charge in [-0.1, -0.05) is 26.8 Å². The zero-order valence-corrected chi connectivity index (χ0v) is 10.9. The van der Waals surface area contributed by atoms with Crippen molar-refractivity contribution < 1.29 is 9.53 Å². The smallest absolute Gasteiger partial charge is 0.269 e. The molecule has 0 bridgehead atoms. The molecular weight excluding hydrogens is 216 g/mol. The third-order valence-corrected chi connectivity index (χ3v) is 2.45. The van der Waals surface area contributed by atoms with Crippen LogP contribution in [0.4, 0.5) is 0 Å². The van der Waals surface area contributed by atoms with Crippen molar-refractivity contribution in [3.63, 3.8) is 0 Å². The Labute approximate surface area is 102 Å². The molecule has 1 aromatic heterocycles. The van der Waals surface area contributed by atoms with Crippen molar-refractivity contribution in [3.8, 4) is 0 Å². The Bertz CT molecular complexity index is 366. The van der Waals surface area contributed by atoms with Crippen LogP contribution < -0.4 is 5.32 Å². The Kier molecular flexibility index (Phi) is 4.63. The quantitative estimate of drug-likeness (QED) is 0.810. The number of carbonyl (C=O) groups is 1. The number of amides is 1. The van der Waals surface area contributed by atoms with Crippen LogP contribution in [0.25, 0.3) is 0 Å². The van der Waals surface area contributed by atoms with Crippen LogP contribution in [-0.4, -0.2) is 31.2 Å². The second-order valence-corrected chi connectivity index (χ2v) is 4.93. The molecule has 0 unspecified atom stereocenters. The highest BCUT2D eigenvalue weighted by molar-refractivity contribution is 5.92. The van der Waals surface area contributed by atoms with Gasteiger partial charge in [0.25, 0.3) is 5.91 Å². The number of nitrogens with one attached hydrogen (secondary N) is 1. The summed E-state index contributed by atoms with van der Waals surface area (Å²) in [6.07, 6.45) is 1.76. The number of pyridine rings is 1. The van der Waals surface area contributed by atoms with Crippen molar-refractivity contribution >= 4 is 5.91 Å². The zero-order valence-electron chi connectivity index (χ0n) is 10.9. The molecule has 0 saturated carbocycles. The Balaban J connectivity index is 2.64. The number of nitrogens with zero attached hydrogens (tertiary/aromatic N) is 1. The highest BCUT2D eigenvalue weighted by atomic mass is 16.5. The van der Waals surface area contributed by atoms with E-state index in [0.29, 0.717) is 18.8 Å². The maximum absolute atomic E-state index is 11.7. The Morgan fingerprint density at radius 3 is 2.59 bits per heavy atom. The molecule has 94 valence electrons. The fraction of sp³-hybridized carbons (Fsp3) is 0.538. The molecule has 0 aromatic carbocycles. The van der Waals surface area contributed by atoms with Crippen molar-refractivity contribution in [1.82, 2.24) is 10.3 Å². The van der Waals surface area contributed by atoms with Crippen molar-refractivity contribution in [2.75, 3.05) is 20.3 Å². The molecule has 1 heterocycles. The van der Waals surface area contributed by atoms with Gasteiger partial charge >= 0.3 is 0 Å². The monoisotopic (exact) mass is 236 g/mol. The number of carbonyl (C=O) groups excluding carboxylic acids is 1. The molecule has 0 aliphatic carbocycles. The van der Waals surface area contributed by atoms with E-state index in [1.54, 1.807) is 19.4 Å². The van der Waals surface area contributed by atoms with Crippen molar-refractivity contribution in [3.05, 3.63) is 29.6 Å². The van der Waals surface area contributed by atoms with E-state index in [0.717, 1.165) is 5.56 Å². The summed E-state index contributed by atoms with van der Waals surface area (Å²) in [4.78, 5) is 15.8. The molecule has 4 nitrogen and oxygen atoms in total. The summed E-state index contributed by atoms with van der Waals surface area (Å²) in [6, 6.07) is 3.70. The number of aromatic nitrogens is 1. The highest BCUT2D eigenvalue weighted by Gasteiger charge is 2.14. The van der Waals surface area contributed by atoms with E-state index in [1.807, 2.05) is 6.07 Å². The molecule has 0 atom stereocenters. The first-order chi connectivity index (χ1) is 7.95. The van der Waals surface area contributed by atoms with Gasteiger partial charge in [0.1, 0.15) is 5.69 Å². The van der Waals surface area contributed by atoms with Crippen LogP contribution in [-0.2, 0) is 10.2 Å². The van der Waals surface area contributed by atoms with Crippen LogP contribution in [0, 0.1) is 0 Å². The normalized spacial score (nSPS) is 11.3. The van der Waals surface area contributed by atoms with Crippen LogP contribution in [0.3, 0.4) is 0 Å². The number of hydrogen-bond acceptors (Lipinski definition) is 3. The summed E-state index contributed by atoms with van der Waals surface area (Å²) in [5.74, 6) is -0.164. The molecule has 1 amide bonds. The van der Waals surface area contributed by atoms with Gasteiger partial charge in [0, 0.05) is 19.9 Å². The van der Waals surface area contributed by atoms with Gasteiger partial charge in [-0.25, -0.2) is 0 Å².